The fraction of sp³-hybridized carbons (Fsp3) is 0.625. The van der Waals surface area contributed by atoms with Gasteiger partial charge in [-0.05, 0) is 23.5 Å². The zero-order valence-electron chi connectivity index (χ0n) is 12.1. The highest BCUT2D eigenvalue weighted by atomic mass is 15.2. The molecule has 2 unspecified atom stereocenters. The Hall–Kier alpha value is -1.06. The van der Waals surface area contributed by atoms with E-state index >= 15 is 0 Å². The van der Waals surface area contributed by atoms with Crippen LogP contribution in [-0.4, -0.2) is 37.6 Å². The summed E-state index contributed by atoms with van der Waals surface area (Å²) >= 11 is 0. The van der Waals surface area contributed by atoms with Crippen LogP contribution >= 0.6 is 0 Å². The quantitative estimate of drug-likeness (QED) is 0.853. The number of nitrogens with zero attached hydrogens (tertiary/aromatic N) is 1. The minimum absolute atomic E-state index is 0.588. The van der Waals surface area contributed by atoms with Gasteiger partial charge in [0.05, 0.1) is 0 Å². The molecule has 104 valence electrons. The predicted molar refractivity (Wildman–Crippen MR) is 80.7 cm³/mol. The summed E-state index contributed by atoms with van der Waals surface area (Å²) in [5.74, 6) is 0.678. The molecular formula is C16H25N3. The summed E-state index contributed by atoms with van der Waals surface area (Å²) in [4.78, 5) is 2.67. The molecule has 0 amide bonds. The van der Waals surface area contributed by atoms with Crippen molar-refractivity contribution in [2.45, 2.75) is 26.3 Å². The molecule has 1 saturated heterocycles. The minimum atomic E-state index is 0.588. The molecule has 1 aromatic carbocycles. The lowest BCUT2D eigenvalue weighted by molar-refractivity contribution is 0.132. The third-order valence-corrected chi connectivity index (χ3v) is 4.57. The van der Waals surface area contributed by atoms with Gasteiger partial charge in [0.15, 0.2) is 0 Å². The molecule has 2 aliphatic rings. The summed E-state index contributed by atoms with van der Waals surface area (Å²) < 4.78 is 0. The third kappa shape index (κ3) is 2.37. The van der Waals surface area contributed by atoms with Gasteiger partial charge in [-0.15, -0.1) is 0 Å². The number of benzene rings is 1. The van der Waals surface area contributed by atoms with Crippen molar-refractivity contribution in [1.29, 1.82) is 0 Å². The number of hydrogen-bond donors (Lipinski definition) is 2. The fourth-order valence-corrected chi connectivity index (χ4v) is 3.57. The highest BCUT2D eigenvalue weighted by Gasteiger charge is 2.32. The van der Waals surface area contributed by atoms with Crippen molar-refractivity contribution in [3.8, 4) is 0 Å². The maximum Gasteiger partial charge on any atom is 0.0421 e. The maximum absolute atomic E-state index is 3.66. The van der Waals surface area contributed by atoms with Crippen LogP contribution in [0.15, 0.2) is 18.2 Å². The first-order chi connectivity index (χ1) is 9.31. The van der Waals surface area contributed by atoms with Crippen molar-refractivity contribution in [1.82, 2.24) is 10.2 Å². The van der Waals surface area contributed by atoms with E-state index in [4.69, 9.17) is 0 Å². The molecule has 0 saturated carbocycles. The fourth-order valence-electron chi connectivity index (χ4n) is 3.57. The first-order valence-electron chi connectivity index (χ1n) is 7.61. The van der Waals surface area contributed by atoms with Crippen molar-refractivity contribution in [3.05, 3.63) is 29.3 Å². The van der Waals surface area contributed by atoms with Crippen LogP contribution in [0.3, 0.4) is 0 Å². The molecule has 1 aromatic rings. The van der Waals surface area contributed by atoms with E-state index in [1.807, 2.05) is 0 Å². The monoisotopic (exact) mass is 259 g/mol. The number of fused-ring (bicyclic) bond motifs is 1. The van der Waals surface area contributed by atoms with E-state index in [0.717, 1.165) is 26.1 Å². The molecule has 2 heterocycles. The minimum Gasteiger partial charge on any atom is -0.384 e. The van der Waals surface area contributed by atoms with Crippen molar-refractivity contribution in [3.63, 3.8) is 0 Å². The van der Waals surface area contributed by atoms with Crippen LogP contribution in [0.4, 0.5) is 5.69 Å². The number of para-hydroxylation sites is 1. The van der Waals surface area contributed by atoms with Gasteiger partial charge in [0.1, 0.15) is 0 Å². The SMILES string of the molecule is CCc1cccc2c1NCC(C)C2N1CCNCC1. The van der Waals surface area contributed by atoms with Crippen LogP contribution in [0, 0.1) is 5.92 Å². The zero-order valence-corrected chi connectivity index (χ0v) is 12.1. The van der Waals surface area contributed by atoms with Gasteiger partial charge in [-0.25, -0.2) is 0 Å². The number of rotatable bonds is 2. The zero-order chi connectivity index (χ0) is 13.2. The summed E-state index contributed by atoms with van der Waals surface area (Å²) in [7, 11) is 0. The third-order valence-electron chi connectivity index (χ3n) is 4.57. The van der Waals surface area contributed by atoms with Crippen molar-refractivity contribution < 1.29 is 0 Å². The van der Waals surface area contributed by atoms with Crippen molar-refractivity contribution in [2.75, 3.05) is 38.0 Å². The van der Waals surface area contributed by atoms with Crippen molar-refractivity contribution >= 4 is 5.69 Å². The lowest BCUT2D eigenvalue weighted by Gasteiger charge is -2.42. The summed E-state index contributed by atoms with van der Waals surface area (Å²) in [5.41, 5.74) is 4.39. The van der Waals surface area contributed by atoms with Crippen LogP contribution < -0.4 is 10.6 Å². The van der Waals surface area contributed by atoms with E-state index in [1.54, 1.807) is 0 Å². The molecule has 2 aliphatic heterocycles. The lowest BCUT2D eigenvalue weighted by atomic mass is 9.86. The second kappa shape index (κ2) is 5.51. The summed E-state index contributed by atoms with van der Waals surface area (Å²) in [6.07, 6.45) is 1.11. The second-order valence-corrected chi connectivity index (χ2v) is 5.82. The number of aryl methyl sites for hydroxylation is 1. The van der Waals surface area contributed by atoms with E-state index in [9.17, 15) is 0 Å². The average molecular weight is 259 g/mol. The summed E-state index contributed by atoms with van der Waals surface area (Å²) in [6.45, 7) is 10.3. The molecule has 3 rings (SSSR count). The van der Waals surface area contributed by atoms with Gasteiger partial charge in [0.2, 0.25) is 0 Å². The summed E-state index contributed by atoms with van der Waals surface area (Å²) in [5, 5.41) is 7.12. The Morgan fingerprint density at radius 3 is 2.79 bits per heavy atom. The topological polar surface area (TPSA) is 27.3 Å². The van der Waals surface area contributed by atoms with Gasteiger partial charge in [-0.3, -0.25) is 4.90 Å². The Morgan fingerprint density at radius 2 is 2.05 bits per heavy atom. The number of piperazine rings is 1. The standard InChI is InChI=1S/C16H25N3/c1-3-13-5-4-6-14-15(13)18-11-12(2)16(14)19-9-7-17-8-10-19/h4-6,12,16-18H,3,7-11H2,1-2H3. The van der Waals surface area contributed by atoms with E-state index < -0.39 is 0 Å². The van der Waals surface area contributed by atoms with Gasteiger partial charge >= 0.3 is 0 Å². The number of anilines is 1. The molecule has 0 aliphatic carbocycles. The Morgan fingerprint density at radius 1 is 1.26 bits per heavy atom. The number of hydrogen-bond acceptors (Lipinski definition) is 3. The largest absolute Gasteiger partial charge is 0.384 e. The average Bonchev–Trinajstić information content (AvgIpc) is 2.47. The second-order valence-electron chi connectivity index (χ2n) is 5.82. The van der Waals surface area contributed by atoms with E-state index in [1.165, 1.54) is 29.9 Å². The van der Waals surface area contributed by atoms with Gasteiger partial charge in [-0.1, -0.05) is 32.0 Å². The van der Waals surface area contributed by atoms with Crippen LogP contribution in [0.25, 0.3) is 0 Å². The van der Waals surface area contributed by atoms with Gasteiger partial charge in [0, 0.05) is 44.5 Å². The Balaban J connectivity index is 1.96. The molecule has 1 fully saturated rings. The Labute approximate surface area is 116 Å². The van der Waals surface area contributed by atoms with Crippen LogP contribution in [-0.2, 0) is 6.42 Å². The molecule has 19 heavy (non-hydrogen) atoms. The van der Waals surface area contributed by atoms with Crippen LogP contribution in [0.1, 0.15) is 31.0 Å². The van der Waals surface area contributed by atoms with Crippen LogP contribution in [0.2, 0.25) is 0 Å². The molecule has 0 aromatic heterocycles. The highest BCUT2D eigenvalue weighted by molar-refractivity contribution is 5.61. The molecular weight excluding hydrogens is 234 g/mol. The van der Waals surface area contributed by atoms with E-state index in [-0.39, 0.29) is 0 Å². The Bertz CT molecular complexity index is 438. The van der Waals surface area contributed by atoms with Gasteiger partial charge in [-0.2, -0.15) is 0 Å². The predicted octanol–water partition coefficient (Wildman–Crippen LogP) is 2.26. The lowest BCUT2D eigenvalue weighted by Crippen LogP contribution is -2.48. The van der Waals surface area contributed by atoms with Crippen LogP contribution in [0.5, 0.6) is 0 Å². The molecule has 0 radical (unpaired) electrons. The summed E-state index contributed by atoms with van der Waals surface area (Å²) in [6, 6.07) is 7.40. The molecule has 2 N–H and O–H groups in total. The normalized spacial score (nSPS) is 27.7. The first kappa shape index (κ1) is 12.9. The molecule has 3 heteroatoms. The van der Waals surface area contributed by atoms with E-state index in [2.05, 4.69) is 47.6 Å². The smallest absolute Gasteiger partial charge is 0.0421 e. The van der Waals surface area contributed by atoms with Crippen molar-refractivity contribution in [2.24, 2.45) is 5.92 Å². The molecule has 0 bridgehead atoms. The highest BCUT2D eigenvalue weighted by Crippen LogP contribution is 2.39. The first-order valence-corrected chi connectivity index (χ1v) is 7.61. The van der Waals surface area contributed by atoms with Gasteiger partial charge in [0.25, 0.3) is 0 Å². The van der Waals surface area contributed by atoms with E-state index in [0.29, 0.717) is 12.0 Å². The Kier molecular flexibility index (Phi) is 3.76. The maximum atomic E-state index is 3.66. The molecule has 3 nitrogen and oxygen atoms in total. The molecule has 2 atom stereocenters. The molecule has 0 spiro atoms. The number of nitrogens with one attached hydrogen (secondary N) is 2. The van der Waals surface area contributed by atoms with Gasteiger partial charge < -0.3 is 10.6 Å².